The zero-order valence-electron chi connectivity index (χ0n) is 16.4. The summed E-state index contributed by atoms with van der Waals surface area (Å²) in [5, 5.41) is 7.70. The highest BCUT2D eigenvalue weighted by Gasteiger charge is 2.16. The minimum atomic E-state index is -0.341. The fourth-order valence-corrected chi connectivity index (χ4v) is 3.29. The predicted octanol–water partition coefficient (Wildman–Crippen LogP) is 4.16. The van der Waals surface area contributed by atoms with Crippen molar-refractivity contribution in [3.63, 3.8) is 0 Å². The summed E-state index contributed by atoms with van der Waals surface area (Å²) in [4.78, 5) is 14.8. The Balaban J connectivity index is 1.80. The van der Waals surface area contributed by atoms with Crippen LogP contribution in [0.2, 0.25) is 5.02 Å². The van der Waals surface area contributed by atoms with Crippen LogP contribution in [0.15, 0.2) is 65.6 Å². The number of nitrogens with one attached hydrogen (secondary N) is 1. The Morgan fingerprint density at radius 2 is 1.79 bits per heavy atom. The number of aryl methyl sites for hydroxylation is 1. The Hall–Kier alpha value is -2.63. The predicted molar refractivity (Wildman–Crippen MR) is 116 cm³/mol. The summed E-state index contributed by atoms with van der Waals surface area (Å²) in [5.41, 5.74) is 3.40. The number of halogens is 1. The van der Waals surface area contributed by atoms with Crippen LogP contribution in [0.1, 0.15) is 24.1 Å². The highest BCUT2D eigenvalue weighted by atomic mass is 35.5. The van der Waals surface area contributed by atoms with Gasteiger partial charge in [-0.2, -0.15) is 9.78 Å². The monoisotopic (exact) mass is 396 g/mol. The van der Waals surface area contributed by atoms with Crippen molar-refractivity contribution in [3.05, 3.63) is 87.3 Å². The third-order valence-corrected chi connectivity index (χ3v) is 5.17. The fraction of sp³-hybridized carbons (Fsp3) is 0.273. The van der Waals surface area contributed by atoms with Crippen molar-refractivity contribution in [1.29, 1.82) is 0 Å². The maximum Gasteiger partial charge on any atom is 0.292 e. The van der Waals surface area contributed by atoms with E-state index in [1.54, 1.807) is 6.20 Å². The van der Waals surface area contributed by atoms with Gasteiger partial charge in [0.2, 0.25) is 0 Å². The van der Waals surface area contributed by atoms with E-state index in [0.717, 1.165) is 6.42 Å². The molecule has 5 nitrogen and oxygen atoms in total. The Morgan fingerprint density at radius 1 is 1.11 bits per heavy atom. The van der Waals surface area contributed by atoms with Crippen molar-refractivity contribution in [2.75, 3.05) is 26.0 Å². The van der Waals surface area contributed by atoms with Gasteiger partial charge in [-0.3, -0.25) is 4.79 Å². The second-order valence-corrected chi connectivity index (χ2v) is 7.26. The Labute approximate surface area is 170 Å². The minimum Gasteiger partial charge on any atom is -0.380 e. The number of likely N-dealkylation sites (N-methyl/N-ethyl adjacent to an activating group) is 1. The van der Waals surface area contributed by atoms with E-state index in [4.69, 9.17) is 11.6 Å². The van der Waals surface area contributed by atoms with Crippen molar-refractivity contribution >= 4 is 17.3 Å². The van der Waals surface area contributed by atoms with Crippen LogP contribution in [0.4, 0.5) is 5.69 Å². The highest BCUT2D eigenvalue weighted by molar-refractivity contribution is 6.32. The number of hydrogen-bond donors (Lipinski definition) is 1. The van der Waals surface area contributed by atoms with Gasteiger partial charge in [0, 0.05) is 6.54 Å². The lowest BCUT2D eigenvalue weighted by molar-refractivity contribution is 0.312. The highest BCUT2D eigenvalue weighted by Crippen LogP contribution is 2.22. The molecular formula is C22H25ClN4O. The second kappa shape index (κ2) is 9.04. The van der Waals surface area contributed by atoms with Crippen molar-refractivity contribution in [1.82, 2.24) is 14.7 Å². The molecule has 1 aromatic heterocycles. The van der Waals surface area contributed by atoms with Gasteiger partial charge in [0.1, 0.15) is 5.02 Å². The number of anilines is 1. The summed E-state index contributed by atoms with van der Waals surface area (Å²) in [7, 11) is 4.07. The molecule has 0 saturated carbocycles. The molecule has 1 N–H and O–H groups in total. The fourth-order valence-electron chi connectivity index (χ4n) is 3.09. The average Bonchev–Trinajstić information content (AvgIpc) is 2.72. The molecule has 6 heteroatoms. The third-order valence-electron chi connectivity index (χ3n) is 4.80. The van der Waals surface area contributed by atoms with Crippen LogP contribution in [0, 0.1) is 0 Å². The SMILES string of the molecule is CCc1ccc(C(CNc2cnn(-c3ccccc3)c(=O)c2Cl)N(C)C)cc1. The van der Waals surface area contributed by atoms with Crippen molar-refractivity contribution in [2.45, 2.75) is 19.4 Å². The van der Waals surface area contributed by atoms with E-state index in [-0.39, 0.29) is 16.6 Å². The molecule has 1 atom stereocenters. The van der Waals surface area contributed by atoms with Gasteiger partial charge in [-0.15, -0.1) is 0 Å². The first-order valence-electron chi connectivity index (χ1n) is 9.33. The molecule has 3 rings (SSSR count). The van der Waals surface area contributed by atoms with Crippen LogP contribution in [-0.4, -0.2) is 35.3 Å². The molecule has 0 aliphatic heterocycles. The van der Waals surface area contributed by atoms with E-state index in [1.165, 1.54) is 15.8 Å². The summed E-state index contributed by atoms with van der Waals surface area (Å²) < 4.78 is 1.31. The zero-order chi connectivity index (χ0) is 20.1. The number of nitrogens with zero attached hydrogens (tertiary/aromatic N) is 3. The molecule has 28 heavy (non-hydrogen) atoms. The quantitative estimate of drug-likeness (QED) is 0.651. The third kappa shape index (κ3) is 4.43. The van der Waals surface area contributed by atoms with Gasteiger partial charge < -0.3 is 10.2 Å². The minimum absolute atomic E-state index is 0.137. The number of para-hydroxylation sites is 1. The molecule has 0 radical (unpaired) electrons. The molecule has 1 unspecified atom stereocenters. The van der Waals surface area contributed by atoms with Gasteiger partial charge in [-0.05, 0) is 43.8 Å². The Kier molecular flexibility index (Phi) is 6.49. The maximum atomic E-state index is 12.6. The molecule has 3 aromatic rings. The molecule has 0 saturated heterocycles. The molecule has 146 valence electrons. The van der Waals surface area contributed by atoms with Gasteiger partial charge in [-0.1, -0.05) is 61.0 Å². The lowest BCUT2D eigenvalue weighted by atomic mass is 10.0. The first-order chi connectivity index (χ1) is 13.5. The van der Waals surface area contributed by atoms with E-state index < -0.39 is 0 Å². The van der Waals surface area contributed by atoms with E-state index >= 15 is 0 Å². The molecule has 0 aliphatic carbocycles. The van der Waals surface area contributed by atoms with E-state index in [2.05, 4.69) is 46.5 Å². The van der Waals surface area contributed by atoms with Crippen LogP contribution in [-0.2, 0) is 6.42 Å². The molecule has 0 amide bonds. The van der Waals surface area contributed by atoms with Crippen molar-refractivity contribution < 1.29 is 0 Å². The van der Waals surface area contributed by atoms with Crippen LogP contribution < -0.4 is 10.9 Å². The Bertz CT molecular complexity index is 968. The standard InChI is InChI=1S/C22H25ClN4O/c1-4-16-10-12-17(13-11-16)20(26(2)3)15-24-19-14-25-27(22(28)21(19)23)18-8-6-5-7-9-18/h5-14,20,24H,4,15H2,1-3H3. The zero-order valence-corrected chi connectivity index (χ0v) is 17.1. The maximum absolute atomic E-state index is 12.6. The van der Waals surface area contributed by atoms with Gasteiger partial charge in [0.15, 0.2) is 0 Å². The molecule has 0 bridgehead atoms. The summed E-state index contributed by atoms with van der Waals surface area (Å²) >= 11 is 6.35. The molecular weight excluding hydrogens is 372 g/mol. The number of rotatable bonds is 7. The molecule has 2 aromatic carbocycles. The first kappa shape index (κ1) is 20.1. The van der Waals surface area contributed by atoms with E-state index in [0.29, 0.717) is 17.9 Å². The number of aromatic nitrogens is 2. The number of hydrogen-bond acceptors (Lipinski definition) is 4. The molecule has 0 fully saturated rings. The van der Waals surface area contributed by atoms with E-state index in [1.807, 2.05) is 44.4 Å². The normalized spacial score (nSPS) is 12.2. The van der Waals surface area contributed by atoms with E-state index in [9.17, 15) is 4.79 Å². The summed E-state index contributed by atoms with van der Waals surface area (Å²) in [6.07, 6.45) is 2.62. The topological polar surface area (TPSA) is 50.2 Å². The molecule has 0 aliphatic rings. The van der Waals surface area contributed by atoms with Crippen LogP contribution in [0.3, 0.4) is 0 Å². The number of benzene rings is 2. The molecule has 0 spiro atoms. The largest absolute Gasteiger partial charge is 0.380 e. The van der Waals surface area contributed by atoms with Crippen LogP contribution in [0.25, 0.3) is 5.69 Å². The van der Waals surface area contributed by atoms with Gasteiger partial charge >= 0.3 is 0 Å². The van der Waals surface area contributed by atoms with Crippen molar-refractivity contribution in [2.24, 2.45) is 0 Å². The average molecular weight is 397 g/mol. The lowest BCUT2D eigenvalue weighted by Crippen LogP contribution is -2.28. The van der Waals surface area contributed by atoms with Crippen LogP contribution in [0.5, 0.6) is 0 Å². The van der Waals surface area contributed by atoms with Gasteiger partial charge in [-0.25, -0.2) is 0 Å². The molecule has 1 heterocycles. The Morgan fingerprint density at radius 3 is 2.39 bits per heavy atom. The lowest BCUT2D eigenvalue weighted by Gasteiger charge is -2.26. The van der Waals surface area contributed by atoms with Crippen LogP contribution >= 0.6 is 11.6 Å². The van der Waals surface area contributed by atoms with Gasteiger partial charge in [0.05, 0.1) is 23.6 Å². The van der Waals surface area contributed by atoms with Gasteiger partial charge in [0.25, 0.3) is 5.56 Å². The summed E-state index contributed by atoms with van der Waals surface area (Å²) in [5.74, 6) is 0. The summed E-state index contributed by atoms with van der Waals surface area (Å²) in [6, 6.07) is 18.0. The first-order valence-corrected chi connectivity index (χ1v) is 9.71. The smallest absolute Gasteiger partial charge is 0.292 e. The second-order valence-electron chi connectivity index (χ2n) is 6.88. The van der Waals surface area contributed by atoms with Crippen molar-refractivity contribution in [3.8, 4) is 5.69 Å². The summed E-state index contributed by atoms with van der Waals surface area (Å²) in [6.45, 7) is 2.75.